The molecule has 1 saturated carbocycles. The van der Waals surface area contributed by atoms with Gasteiger partial charge < -0.3 is 5.32 Å². The van der Waals surface area contributed by atoms with Crippen LogP contribution in [-0.4, -0.2) is 44.2 Å². The molecule has 20 heavy (non-hydrogen) atoms. The maximum absolute atomic E-state index is 12.6. The van der Waals surface area contributed by atoms with Crippen LogP contribution in [0.3, 0.4) is 0 Å². The van der Waals surface area contributed by atoms with Crippen LogP contribution in [0.25, 0.3) is 0 Å². The highest BCUT2D eigenvalue weighted by atomic mass is 32.2. The van der Waals surface area contributed by atoms with Crippen LogP contribution in [0.15, 0.2) is 0 Å². The molecular formula is C15H30N2O2S. The van der Waals surface area contributed by atoms with E-state index in [2.05, 4.69) is 26.1 Å². The Bertz CT molecular complexity index is 404. The van der Waals surface area contributed by atoms with Crippen molar-refractivity contribution in [3.8, 4) is 0 Å². The molecule has 0 bridgehead atoms. The van der Waals surface area contributed by atoms with E-state index >= 15 is 0 Å². The lowest BCUT2D eigenvalue weighted by atomic mass is 9.94. The Morgan fingerprint density at radius 3 is 2.20 bits per heavy atom. The fourth-order valence-electron chi connectivity index (χ4n) is 2.72. The lowest BCUT2D eigenvalue weighted by Gasteiger charge is -2.30. The fourth-order valence-corrected chi connectivity index (χ4v) is 4.93. The highest BCUT2D eigenvalue weighted by Gasteiger charge is 2.38. The Hall–Kier alpha value is -0.130. The number of piperidine rings is 1. The zero-order valence-electron chi connectivity index (χ0n) is 13.2. The van der Waals surface area contributed by atoms with Crippen molar-refractivity contribution in [1.29, 1.82) is 0 Å². The number of rotatable bonds is 6. The van der Waals surface area contributed by atoms with Gasteiger partial charge >= 0.3 is 0 Å². The second kappa shape index (κ2) is 6.32. The molecule has 0 spiro atoms. The average Bonchev–Trinajstić information content (AvgIpc) is 3.18. The predicted octanol–water partition coefficient (Wildman–Crippen LogP) is 2.22. The van der Waals surface area contributed by atoms with Gasteiger partial charge in [-0.1, -0.05) is 20.8 Å². The molecule has 0 atom stereocenters. The highest BCUT2D eigenvalue weighted by molar-refractivity contribution is 7.89. The summed E-state index contributed by atoms with van der Waals surface area (Å²) in [7, 11) is -3.08. The van der Waals surface area contributed by atoms with Gasteiger partial charge in [0.1, 0.15) is 0 Å². The molecule has 0 aromatic heterocycles. The molecule has 1 aliphatic heterocycles. The summed E-state index contributed by atoms with van der Waals surface area (Å²) in [5.74, 6) is 0.846. The van der Waals surface area contributed by atoms with E-state index in [1.165, 1.54) is 0 Å². The summed E-state index contributed by atoms with van der Waals surface area (Å²) in [6.45, 7) is 9.14. The molecule has 2 fully saturated rings. The van der Waals surface area contributed by atoms with Gasteiger partial charge in [0, 0.05) is 12.6 Å². The first-order valence-corrected chi connectivity index (χ1v) is 9.59. The van der Waals surface area contributed by atoms with Crippen LogP contribution >= 0.6 is 0 Å². The van der Waals surface area contributed by atoms with E-state index < -0.39 is 10.0 Å². The molecular weight excluding hydrogens is 272 g/mol. The molecule has 1 aliphatic carbocycles. The molecule has 5 heteroatoms. The summed E-state index contributed by atoms with van der Waals surface area (Å²) in [5, 5.41) is 3.35. The first-order valence-electron chi connectivity index (χ1n) is 7.98. The maximum Gasteiger partial charge on any atom is 0.214 e. The number of nitrogens with one attached hydrogen (secondary N) is 1. The van der Waals surface area contributed by atoms with E-state index in [9.17, 15) is 8.42 Å². The molecule has 0 aromatic rings. The molecule has 1 heterocycles. The number of hydrogen-bond acceptors (Lipinski definition) is 3. The molecule has 0 radical (unpaired) electrons. The van der Waals surface area contributed by atoms with Gasteiger partial charge in [0.05, 0.1) is 5.75 Å². The zero-order chi connectivity index (χ0) is 14.8. The van der Waals surface area contributed by atoms with E-state index in [4.69, 9.17) is 0 Å². The van der Waals surface area contributed by atoms with Crippen LogP contribution in [0.4, 0.5) is 0 Å². The molecule has 0 amide bonds. The minimum atomic E-state index is -3.08. The van der Waals surface area contributed by atoms with E-state index in [-0.39, 0.29) is 5.41 Å². The van der Waals surface area contributed by atoms with Crippen molar-refractivity contribution in [1.82, 2.24) is 9.62 Å². The fraction of sp³-hybridized carbons (Fsp3) is 1.00. The summed E-state index contributed by atoms with van der Waals surface area (Å²) in [4.78, 5) is 0. The Morgan fingerprint density at radius 2 is 1.70 bits per heavy atom. The topological polar surface area (TPSA) is 49.4 Å². The van der Waals surface area contributed by atoms with Crippen LogP contribution in [0, 0.1) is 11.3 Å². The van der Waals surface area contributed by atoms with Gasteiger partial charge in [-0.05, 0) is 56.5 Å². The van der Waals surface area contributed by atoms with Crippen molar-refractivity contribution in [3.63, 3.8) is 0 Å². The first kappa shape index (κ1) is 16.2. The first-order chi connectivity index (χ1) is 9.28. The smallest absolute Gasteiger partial charge is 0.214 e. The van der Waals surface area contributed by atoms with Crippen molar-refractivity contribution in [2.75, 3.05) is 25.4 Å². The normalized spacial score (nSPS) is 22.4. The van der Waals surface area contributed by atoms with E-state index in [1.54, 1.807) is 0 Å². The summed E-state index contributed by atoms with van der Waals surface area (Å²) >= 11 is 0. The Kier molecular flexibility index (Phi) is 5.14. The lowest BCUT2D eigenvalue weighted by Crippen LogP contribution is -2.42. The van der Waals surface area contributed by atoms with E-state index in [1.807, 2.05) is 4.31 Å². The number of nitrogens with zero attached hydrogens (tertiary/aromatic N) is 1. The maximum atomic E-state index is 12.6. The largest absolute Gasteiger partial charge is 0.317 e. The summed E-state index contributed by atoms with van der Waals surface area (Å²) < 4.78 is 27.1. The Labute approximate surface area is 124 Å². The molecule has 0 unspecified atom stereocenters. The SMILES string of the molecule is CC(C)(C)CCS(=O)(=O)N(CC1CCNCC1)C1CC1. The van der Waals surface area contributed by atoms with Crippen molar-refractivity contribution >= 4 is 10.0 Å². The van der Waals surface area contributed by atoms with Crippen molar-refractivity contribution in [3.05, 3.63) is 0 Å². The van der Waals surface area contributed by atoms with Gasteiger partial charge in [-0.15, -0.1) is 0 Å². The van der Waals surface area contributed by atoms with Crippen LogP contribution in [0.1, 0.15) is 52.9 Å². The molecule has 1 N–H and O–H groups in total. The predicted molar refractivity (Wildman–Crippen MR) is 83.2 cm³/mol. The van der Waals surface area contributed by atoms with Gasteiger partial charge in [-0.3, -0.25) is 0 Å². The number of sulfonamides is 1. The standard InChI is InChI=1S/C15H30N2O2S/c1-15(2,3)8-11-20(18,19)17(14-4-5-14)12-13-6-9-16-10-7-13/h13-14,16H,4-12H2,1-3H3. The summed E-state index contributed by atoms with van der Waals surface area (Å²) in [6, 6.07) is 0.301. The average molecular weight is 302 g/mol. The van der Waals surface area contributed by atoms with Crippen LogP contribution in [0.2, 0.25) is 0 Å². The second-order valence-corrected chi connectivity index (χ2v) is 9.66. The minimum Gasteiger partial charge on any atom is -0.317 e. The number of hydrogen-bond donors (Lipinski definition) is 1. The highest BCUT2D eigenvalue weighted by Crippen LogP contribution is 2.32. The Balaban J connectivity index is 1.96. The third kappa shape index (κ3) is 5.01. The Morgan fingerprint density at radius 1 is 1.10 bits per heavy atom. The molecule has 1 saturated heterocycles. The van der Waals surface area contributed by atoms with Crippen molar-refractivity contribution < 1.29 is 8.42 Å². The third-order valence-corrected chi connectivity index (χ3v) is 6.20. The molecule has 2 aliphatic rings. The van der Waals surface area contributed by atoms with E-state index in [0.717, 1.165) is 51.7 Å². The minimum absolute atomic E-state index is 0.0804. The van der Waals surface area contributed by atoms with Crippen LogP contribution < -0.4 is 5.32 Å². The van der Waals surface area contributed by atoms with Gasteiger partial charge in [0.25, 0.3) is 0 Å². The lowest BCUT2D eigenvalue weighted by molar-refractivity contribution is 0.281. The molecule has 118 valence electrons. The van der Waals surface area contributed by atoms with Crippen LogP contribution in [0.5, 0.6) is 0 Å². The van der Waals surface area contributed by atoms with Crippen molar-refractivity contribution in [2.45, 2.75) is 58.9 Å². The second-order valence-electron chi connectivity index (χ2n) is 7.62. The van der Waals surface area contributed by atoms with Gasteiger partial charge in [0.15, 0.2) is 0 Å². The van der Waals surface area contributed by atoms with Gasteiger partial charge in [0.2, 0.25) is 10.0 Å². The summed E-state index contributed by atoms with van der Waals surface area (Å²) in [5.41, 5.74) is 0.0804. The molecule has 4 nitrogen and oxygen atoms in total. The summed E-state index contributed by atoms with van der Waals surface area (Å²) in [6.07, 6.45) is 5.07. The zero-order valence-corrected chi connectivity index (χ0v) is 14.0. The van der Waals surface area contributed by atoms with Gasteiger partial charge in [-0.2, -0.15) is 4.31 Å². The molecule has 0 aromatic carbocycles. The van der Waals surface area contributed by atoms with E-state index in [0.29, 0.717) is 17.7 Å². The quantitative estimate of drug-likeness (QED) is 0.818. The van der Waals surface area contributed by atoms with Crippen molar-refractivity contribution in [2.24, 2.45) is 11.3 Å². The monoisotopic (exact) mass is 302 g/mol. The molecule has 2 rings (SSSR count). The third-order valence-electron chi connectivity index (χ3n) is 4.32. The van der Waals surface area contributed by atoms with Crippen LogP contribution in [-0.2, 0) is 10.0 Å². The van der Waals surface area contributed by atoms with Gasteiger partial charge in [-0.25, -0.2) is 8.42 Å².